The number of nitrogens with one attached hydrogen (secondary N) is 1. The molecule has 0 heterocycles. The lowest BCUT2D eigenvalue weighted by atomic mass is 10.2. The fraction of sp³-hybridized carbons (Fsp3) is 0.0769. The molecule has 2 aromatic carbocycles. The van der Waals surface area contributed by atoms with Crippen molar-refractivity contribution in [3.8, 4) is 5.75 Å². The molecule has 0 aliphatic carbocycles. The maximum absolute atomic E-state index is 5.78. The lowest BCUT2D eigenvalue weighted by Gasteiger charge is -2.13. The summed E-state index contributed by atoms with van der Waals surface area (Å²) in [5.74, 6) is 0.745. The van der Waals surface area contributed by atoms with E-state index in [1.165, 1.54) is 0 Å². The van der Waals surface area contributed by atoms with Crippen LogP contribution in [0.5, 0.6) is 5.75 Å². The van der Waals surface area contributed by atoms with Gasteiger partial charge in [0.25, 0.3) is 0 Å². The second-order valence-electron chi connectivity index (χ2n) is 3.94. The van der Waals surface area contributed by atoms with E-state index >= 15 is 0 Å². The maximum Gasteiger partial charge on any atom is 0.135 e. The van der Waals surface area contributed by atoms with Gasteiger partial charge in [0.15, 0.2) is 0 Å². The second kappa shape index (κ2) is 5.71. The summed E-state index contributed by atoms with van der Waals surface area (Å²) in [7, 11) is 1.62. The van der Waals surface area contributed by atoms with Gasteiger partial charge < -0.3 is 21.5 Å². The molecule has 4 nitrogen and oxygen atoms in total. The zero-order valence-electron chi connectivity index (χ0n) is 10.2. The van der Waals surface area contributed by atoms with Gasteiger partial charge in [0.05, 0.1) is 28.6 Å². The normalized spacial score (nSPS) is 10.3. The average molecular weight is 387 g/mol. The third-order valence-corrected chi connectivity index (χ3v) is 3.88. The highest BCUT2D eigenvalue weighted by Gasteiger charge is 2.08. The molecule has 0 bridgehead atoms. The molecule has 2 aromatic rings. The molecule has 0 aromatic heterocycles. The van der Waals surface area contributed by atoms with E-state index in [4.69, 9.17) is 16.2 Å². The molecule has 2 rings (SSSR count). The van der Waals surface area contributed by atoms with E-state index in [2.05, 4.69) is 37.2 Å². The van der Waals surface area contributed by atoms with Crippen LogP contribution in [0.15, 0.2) is 39.3 Å². The zero-order chi connectivity index (χ0) is 14.0. The third-order valence-electron chi connectivity index (χ3n) is 2.61. The van der Waals surface area contributed by atoms with E-state index in [9.17, 15) is 0 Å². The van der Waals surface area contributed by atoms with Gasteiger partial charge >= 0.3 is 0 Å². The zero-order valence-corrected chi connectivity index (χ0v) is 13.4. The Kier molecular flexibility index (Phi) is 4.21. The van der Waals surface area contributed by atoms with Crippen molar-refractivity contribution < 1.29 is 4.74 Å². The Hall–Kier alpha value is -1.40. The molecule has 5 N–H and O–H groups in total. The number of benzene rings is 2. The van der Waals surface area contributed by atoms with Gasteiger partial charge in [-0.3, -0.25) is 0 Å². The highest BCUT2D eigenvalue weighted by Crippen LogP contribution is 2.36. The van der Waals surface area contributed by atoms with E-state index in [1.807, 2.05) is 18.2 Å². The number of hydrogen-bond acceptors (Lipinski definition) is 4. The van der Waals surface area contributed by atoms with Gasteiger partial charge in [-0.1, -0.05) is 0 Å². The first-order chi connectivity index (χ1) is 9.01. The predicted molar refractivity (Wildman–Crippen MR) is 86.9 cm³/mol. The first kappa shape index (κ1) is 14.0. The van der Waals surface area contributed by atoms with Crippen LogP contribution in [0.4, 0.5) is 22.7 Å². The van der Waals surface area contributed by atoms with Crippen LogP contribution in [0, 0.1) is 0 Å². The van der Waals surface area contributed by atoms with Crippen LogP contribution in [0.2, 0.25) is 0 Å². The van der Waals surface area contributed by atoms with Crippen molar-refractivity contribution in [2.75, 3.05) is 23.9 Å². The first-order valence-electron chi connectivity index (χ1n) is 5.46. The van der Waals surface area contributed by atoms with Crippen molar-refractivity contribution >= 4 is 54.6 Å². The van der Waals surface area contributed by atoms with Crippen molar-refractivity contribution in [1.29, 1.82) is 0 Å². The predicted octanol–water partition coefficient (Wildman–Crippen LogP) is 4.13. The van der Waals surface area contributed by atoms with Crippen LogP contribution in [-0.4, -0.2) is 7.11 Å². The number of halogens is 2. The highest BCUT2D eigenvalue weighted by atomic mass is 79.9. The summed E-state index contributed by atoms with van der Waals surface area (Å²) in [6.07, 6.45) is 0. The second-order valence-corrected chi connectivity index (χ2v) is 5.64. The number of nitrogen functional groups attached to an aromatic ring is 2. The molecule has 0 fully saturated rings. The van der Waals surface area contributed by atoms with Crippen LogP contribution in [0.1, 0.15) is 0 Å². The average Bonchev–Trinajstić information content (AvgIpc) is 2.37. The molecular weight excluding hydrogens is 374 g/mol. The quantitative estimate of drug-likeness (QED) is 0.693. The summed E-state index contributed by atoms with van der Waals surface area (Å²) in [5, 5.41) is 3.26. The summed E-state index contributed by atoms with van der Waals surface area (Å²) in [6.45, 7) is 0. The molecule has 6 heteroatoms. The third kappa shape index (κ3) is 3.13. The van der Waals surface area contributed by atoms with E-state index < -0.39 is 0 Å². The topological polar surface area (TPSA) is 73.3 Å². The minimum atomic E-state index is 0.546. The van der Waals surface area contributed by atoms with Gasteiger partial charge in [-0.05, 0) is 56.1 Å². The Morgan fingerprint density at radius 2 is 1.74 bits per heavy atom. The van der Waals surface area contributed by atoms with Crippen molar-refractivity contribution in [3.05, 3.63) is 39.3 Å². The van der Waals surface area contributed by atoms with Crippen molar-refractivity contribution in [1.82, 2.24) is 0 Å². The Morgan fingerprint density at radius 3 is 2.37 bits per heavy atom. The SMILES string of the molecule is COc1cc(Nc2ccc(N)c(N)c2)c(Br)cc1Br. The summed E-state index contributed by atoms with van der Waals surface area (Å²) in [6, 6.07) is 9.23. The van der Waals surface area contributed by atoms with E-state index in [0.29, 0.717) is 11.4 Å². The van der Waals surface area contributed by atoms with E-state index in [-0.39, 0.29) is 0 Å². The van der Waals surface area contributed by atoms with Crippen LogP contribution in [0.25, 0.3) is 0 Å². The molecule has 100 valence electrons. The van der Waals surface area contributed by atoms with Crippen LogP contribution in [0.3, 0.4) is 0 Å². The summed E-state index contributed by atoms with van der Waals surface area (Å²) in [4.78, 5) is 0. The molecule has 0 aliphatic rings. The lowest BCUT2D eigenvalue weighted by Crippen LogP contribution is -1.98. The fourth-order valence-corrected chi connectivity index (χ4v) is 2.84. The van der Waals surface area contributed by atoms with Crippen molar-refractivity contribution in [2.45, 2.75) is 0 Å². The Labute approximate surface area is 128 Å². The summed E-state index contributed by atoms with van der Waals surface area (Å²) < 4.78 is 7.06. The maximum atomic E-state index is 5.78. The van der Waals surface area contributed by atoms with E-state index in [0.717, 1.165) is 26.1 Å². The molecule has 0 amide bonds. The molecule has 0 spiro atoms. The van der Waals surface area contributed by atoms with Gasteiger partial charge in [-0.2, -0.15) is 0 Å². The van der Waals surface area contributed by atoms with Crippen LogP contribution >= 0.6 is 31.9 Å². The molecule has 0 atom stereocenters. The molecule has 0 saturated heterocycles. The number of anilines is 4. The molecule has 0 unspecified atom stereocenters. The van der Waals surface area contributed by atoms with Crippen molar-refractivity contribution in [3.63, 3.8) is 0 Å². The first-order valence-corrected chi connectivity index (χ1v) is 7.05. The lowest BCUT2D eigenvalue weighted by molar-refractivity contribution is 0.412. The summed E-state index contributed by atoms with van der Waals surface area (Å²) in [5.41, 5.74) is 14.3. The fourth-order valence-electron chi connectivity index (χ4n) is 1.59. The molecule has 19 heavy (non-hydrogen) atoms. The molecule has 0 radical (unpaired) electrons. The number of rotatable bonds is 3. The molecule has 0 saturated carbocycles. The molecular formula is C13H13Br2N3O. The number of nitrogens with two attached hydrogens (primary N) is 2. The highest BCUT2D eigenvalue weighted by molar-refractivity contribution is 9.11. The largest absolute Gasteiger partial charge is 0.495 e. The monoisotopic (exact) mass is 385 g/mol. The molecule has 0 aliphatic heterocycles. The smallest absolute Gasteiger partial charge is 0.135 e. The minimum absolute atomic E-state index is 0.546. The van der Waals surface area contributed by atoms with Crippen molar-refractivity contribution in [2.24, 2.45) is 0 Å². The van der Waals surface area contributed by atoms with Gasteiger partial charge in [-0.15, -0.1) is 0 Å². The van der Waals surface area contributed by atoms with Gasteiger partial charge in [-0.25, -0.2) is 0 Å². The Morgan fingerprint density at radius 1 is 1.00 bits per heavy atom. The number of methoxy groups -OCH3 is 1. The number of hydrogen-bond donors (Lipinski definition) is 3. The van der Waals surface area contributed by atoms with Gasteiger partial charge in [0, 0.05) is 16.2 Å². The minimum Gasteiger partial charge on any atom is -0.495 e. The van der Waals surface area contributed by atoms with Gasteiger partial charge in [0.2, 0.25) is 0 Å². The standard InChI is InChI=1S/C13H13Br2N3O/c1-19-13-6-12(8(14)5-9(13)15)18-7-2-3-10(16)11(17)4-7/h2-6,18H,16-17H2,1H3. The van der Waals surface area contributed by atoms with Crippen LogP contribution in [-0.2, 0) is 0 Å². The Bertz CT molecular complexity index is 617. The Balaban J connectivity index is 2.34. The summed E-state index contributed by atoms with van der Waals surface area (Å²) >= 11 is 6.93. The van der Waals surface area contributed by atoms with E-state index in [1.54, 1.807) is 19.2 Å². The number of ether oxygens (including phenoxy) is 1. The van der Waals surface area contributed by atoms with Gasteiger partial charge in [0.1, 0.15) is 5.75 Å². The van der Waals surface area contributed by atoms with Crippen LogP contribution < -0.4 is 21.5 Å².